The van der Waals surface area contributed by atoms with Crippen molar-refractivity contribution in [3.63, 3.8) is 0 Å². The molecule has 136 valence electrons. The van der Waals surface area contributed by atoms with Crippen molar-refractivity contribution in [2.24, 2.45) is 5.73 Å². The van der Waals surface area contributed by atoms with Crippen LogP contribution in [0.25, 0.3) is 0 Å². The van der Waals surface area contributed by atoms with Crippen molar-refractivity contribution in [3.05, 3.63) is 29.8 Å². The van der Waals surface area contributed by atoms with Crippen LogP contribution in [0.2, 0.25) is 0 Å². The molecule has 0 spiro atoms. The molecule has 1 saturated heterocycles. The van der Waals surface area contributed by atoms with Gasteiger partial charge in [0.1, 0.15) is 6.10 Å². The van der Waals surface area contributed by atoms with E-state index in [-0.39, 0.29) is 35.9 Å². The van der Waals surface area contributed by atoms with Crippen LogP contribution < -0.4 is 11.1 Å². The van der Waals surface area contributed by atoms with Crippen molar-refractivity contribution >= 4 is 28.3 Å². The van der Waals surface area contributed by atoms with Crippen molar-refractivity contribution in [1.82, 2.24) is 9.62 Å². The molecule has 7 nitrogen and oxygen atoms in total. The van der Waals surface area contributed by atoms with Crippen molar-refractivity contribution < 1.29 is 17.9 Å². The van der Waals surface area contributed by atoms with E-state index in [0.29, 0.717) is 18.5 Å². The van der Waals surface area contributed by atoms with Crippen molar-refractivity contribution in [1.29, 1.82) is 0 Å². The normalized spacial score (nSPS) is 20.7. The number of amides is 1. The lowest BCUT2D eigenvalue weighted by Crippen LogP contribution is -2.35. The first-order chi connectivity index (χ1) is 10.9. The van der Waals surface area contributed by atoms with E-state index in [2.05, 4.69) is 5.32 Å². The zero-order valence-electron chi connectivity index (χ0n) is 13.8. The summed E-state index contributed by atoms with van der Waals surface area (Å²) in [5.41, 5.74) is 6.07. The number of nitrogens with two attached hydrogens (primary N) is 1. The molecule has 1 fully saturated rings. The van der Waals surface area contributed by atoms with Gasteiger partial charge in [-0.1, -0.05) is 18.2 Å². The molecule has 1 aliphatic rings. The largest absolute Gasteiger partial charge is 0.364 e. The Balaban J connectivity index is 0.00000288. The molecule has 1 aromatic carbocycles. The van der Waals surface area contributed by atoms with Crippen LogP contribution in [0, 0.1) is 0 Å². The molecule has 0 unspecified atom stereocenters. The van der Waals surface area contributed by atoms with E-state index < -0.39 is 16.1 Å². The van der Waals surface area contributed by atoms with Crippen LogP contribution in [0.1, 0.15) is 18.4 Å². The first kappa shape index (κ1) is 20.9. The molecule has 0 radical (unpaired) electrons. The topological polar surface area (TPSA) is 102 Å². The van der Waals surface area contributed by atoms with E-state index in [0.717, 1.165) is 10.7 Å². The number of carbonyl (C=O) groups is 1. The molecule has 1 heterocycles. The molecule has 2 rings (SSSR count). The molecule has 2 atom stereocenters. The third kappa shape index (κ3) is 4.67. The van der Waals surface area contributed by atoms with Crippen LogP contribution in [0.5, 0.6) is 0 Å². The van der Waals surface area contributed by atoms with E-state index in [9.17, 15) is 13.2 Å². The second-order valence-corrected chi connectivity index (χ2v) is 7.79. The summed E-state index contributed by atoms with van der Waals surface area (Å²) in [5, 5.41) is 2.75. The lowest BCUT2D eigenvalue weighted by molar-refractivity contribution is -0.132. The van der Waals surface area contributed by atoms with Gasteiger partial charge >= 0.3 is 0 Å². The Morgan fingerprint density at radius 1 is 1.33 bits per heavy atom. The molecule has 1 amide bonds. The Labute approximate surface area is 149 Å². The first-order valence-corrected chi connectivity index (χ1v) is 8.94. The SMILES string of the molecule is CN(C)S(=O)(=O)c1ccccc1CNC(=O)[C@@H]1CC[C@H](CN)O1.Cl. The number of ether oxygens (including phenoxy) is 1. The van der Waals surface area contributed by atoms with Gasteiger partial charge in [0.25, 0.3) is 0 Å². The summed E-state index contributed by atoms with van der Waals surface area (Å²) in [4.78, 5) is 12.3. The van der Waals surface area contributed by atoms with Crippen LogP contribution in [0.4, 0.5) is 0 Å². The highest BCUT2D eigenvalue weighted by molar-refractivity contribution is 7.89. The average molecular weight is 378 g/mol. The fraction of sp³-hybridized carbons (Fsp3) is 0.533. The highest BCUT2D eigenvalue weighted by Gasteiger charge is 2.30. The molecule has 0 bridgehead atoms. The second-order valence-electron chi connectivity index (χ2n) is 5.67. The standard InChI is InChI=1S/C15H23N3O4S.ClH/c1-18(2)23(20,21)14-6-4-3-5-11(14)10-17-15(19)13-8-7-12(9-16)22-13;/h3-6,12-13H,7-10,16H2,1-2H3,(H,17,19);1H/t12-,13+;/m1./s1. The van der Waals surface area contributed by atoms with Crippen LogP contribution in [0.15, 0.2) is 29.2 Å². The number of nitrogens with zero attached hydrogens (tertiary/aromatic N) is 1. The molecule has 1 aliphatic heterocycles. The Hall–Kier alpha value is -1.19. The van der Waals surface area contributed by atoms with Crippen LogP contribution in [-0.2, 0) is 26.1 Å². The number of benzene rings is 1. The third-order valence-electron chi connectivity index (χ3n) is 3.85. The molecule has 0 aromatic heterocycles. The van der Waals surface area contributed by atoms with Gasteiger partial charge in [-0.2, -0.15) is 0 Å². The van der Waals surface area contributed by atoms with E-state index >= 15 is 0 Å². The van der Waals surface area contributed by atoms with Gasteiger partial charge in [-0.05, 0) is 24.5 Å². The third-order valence-corrected chi connectivity index (χ3v) is 5.76. The van der Waals surface area contributed by atoms with Gasteiger partial charge in [0, 0.05) is 27.2 Å². The number of sulfonamides is 1. The van der Waals surface area contributed by atoms with Gasteiger partial charge < -0.3 is 15.8 Å². The van der Waals surface area contributed by atoms with Gasteiger partial charge in [-0.15, -0.1) is 12.4 Å². The van der Waals surface area contributed by atoms with Gasteiger partial charge in [0.05, 0.1) is 11.0 Å². The monoisotopic (exact) mass is 377 g/mol. The predicted molar refractivity (Wildman–Crippen MR) is 93.4 cm³/mol. The van der Waals surface area contributed by atoms with Crippen LogP contribution in [0.3, 0.4) is 0 Å². The number of rotatable bonds is 6. The summed E-state index contributed by atoms with van der Waals surface area (Å²) in [6, 6.07) is 6.63. The Morgan fingerprint density at radius 3 is 2.58 bits per heavy atom. The maximum absolute atomic E-state index is 12.3. The van der Waals surface area contributed by atoms with E-state index in [4.69, 9.17) is 10.5 Å². The zero-order chi connectivity index (χ0) is 17.0. The smallest absolute Gasteiger partial charge is 0.249 e. The molecule has 24 heavy (non-hydrogen) atoms. The molecular weight excluding hydrogens is 354 g/mol. The molecule has 3 N–H and O–H groups in total. The van der Waals surface area contributed by atoms with Gasteiger partial charge in [0.2, 0.25) is 15.9 Å². The molecule has 0 saturated carbocycles. The number of carbonyl (C=O) groups excluding carboxylic acids is 1. The molecule has 9 heteroatoms. The Morgan fingerprint density at radius 2 is 2.00 bits per heavy atom. The molecular formula is C15H24ClN3O4S. The Bertz CT molecular complexity index is 666. The quantitative estimate of drug-likeness (QED) is 0.750. The maximum Gasteiger partial charge on any atom is 0.249 e. The lowest BCUT2D eigenvalue weighted by Gasteiger charge is -2.16. The maximum atomic E-state index is 12.3. The fourth-order valence-electron chi connectivity index (χ4n) is 2.47. The number of hydrogen-bond donors (Lipinski definition) is 2. The minimum Gasteiger partial charge on any atom is -0.364 e. The van der Waals surface area contributed by atoms with Crippen molar-refractivity contribution in [2.75, 3.05) is 20.6 Å². The van der Waals surface area contributed by atoms with E-state index in [1.54, 1.807) is 18.2 Å². The summed E-state index contributed by atoms with van der Waals surface area (Å²) in [6.45, 7) is 0.531. The van der Waals surface area contributed by atoms with Gasteiger partial charge in [0.15, 0.2) is 0 Å². The van der Waals surface area contributed by atoms with E-state index in [1.807, 2.05) is 0 Å². The summed E-state index contributed by atoms with van der Waals surface area (Å²) in [6.07, 6.45) is 0.805. The number of nitrogens with one attached hydrogen (secondary N) is 1. The van der Waals surface area contributed by atoms with Crippen molar-refractivity contribution in [3.8, 4) is 0 Å². The summed E-state index contributed by atoms with van der Waals surface area (Å²) >= 11 is 0. The number of hydrogen-bond acceptors (Lipinski definition) is 5. The summed E-state index contributed by atoms with van der Waals surface area (Å²) in [7, 11) is -0.601. The minimum absolute atomic E-state index is 0. The molecule has 1 aromatic rings. The predicted octanol–water partition coefficient (Wildman–Crippen LogP) is 0.481. The van der Waals surface area contributed by atoms with Gasteiger partial charge in [-0.3, -0.25) is 4.79 Å². The number of halogens is 1. The minimum atomic E-state index is -3.55. The fourth-order valence-corrected chi connectivity index (χ4v) is 3.58. The summed E-state index contributed by atoms with van der Waals surface area (Å²) < 4.78 is 31.3. The van der Waals surface area contributed by atoms with Gasteiger partial charge in [-0.25, -0.2) is 12.7 Å². The highest BCUT2D eigenvalue weighted by atomic mass is 35.5. The Kier molecular flexibility index (Phi) is 7.62. The van der Waals surface area contributed by atoms with E-state index in [1.165, 1.54) is 20.2 Å². The first-order valence-electron chi connectivity index (χ1n) is 7.50. The molecule has 0 aliphatic carbocycles. The average Bonchev–Trinajstić information content (AvgIpc) is 3.01. The summed E-state index contributed by atoms with van der Waals surface area (Å²) in [5.74, 6) is -0.238. The lowest BCUT2D eigenvalue weighted by atomic mass is 10.2. The highest BCUT2D eigenvalue weighted by Crippen LogP contribution is 2.20. The van der Waals surface area contributed by atoms with Crippen LogP contribution >= 0.6 is 12.4 Å². The second kappa shape index (κ2) is 8.77. The van der Waals surface area contributed by atoms with Crippen molar-refractivity contribution in [2.45, 2.75) is 36.5 Å². The van der Waals surface area contributed by atoms with Crippen LogP contribution in [-0.4, -0.2) is 51.5 Å². The zero-order valence-corrected chi connectivity index (χ0v) is 15.4.